The Hall–Kier alpha value is -0.470. The SMILES string of the molecule is CNC(C)CC(C)c1ccc(Cl)o1. The van der Waals surface area contributed by atoms with Gasteiger partial charge in [-0.1, -0.05) is 6.92 Å². The molecule has 0 fully saturated rings. The molecule has 0 amide bonds. The molecule has 0 bridgehead atoms. The molecule has 0 aliphatic carbocycles. The fraction of sp³-hybridized carbons (Fsp3) is 0.600. The average molecular weight is 202 g/mol. The van der Waals surface area contributed by atoms with Gasteiger partial charge >= 0.3 is 0 Å². The van der Waals surface area contributed by atoms with Crippen LogP contribution in [0.4, 0.5) is 0 Å². The van der Waals surface area contributed by atoms with Crippen LogP contribution >= 0.6 is 11.6 Å². The first-order valence-electron chi connectivity index (χ1n) is 4.56. The maximum absolute atomic E-state index is 5.69. The zero-order valence-corrected chi connectivity index (χ0v) is 9.06. The molecule has 0 radical (unpaired) electrons. The third kappa shape index (κ3) is 3.05. The second-order valence-corrected chi connectivity index (χ2v) is 3.84. The number of hydrogen-bond donors (Lipinski definition) is 1. The van der Waals surface area contributed by atoms with Gasteiger partial charge in [-0.2, -0.15) is 0 Å². The van der Waals surface area contributed by atoms with Crippen LogP contribution in [0.1, 0.15) is 31.9 Å². The van der Waals surface area contributed by atoms with E-state index in [2.05, 4.69) is 19.2 Å². The standard InChI is InChI=1S/C10H16ClNO/c1-7(6-8(2)12-3)9-4-5-10(11)13-9/h4-5,7-8,12H,6H2,1-3H3. The van der Waals surface area contributed by atoms with Gasteiger partial charge in [0.05, 0.1) is 0 Å². The smallest absolute Gasteiger partial charge is 0.193 e. The summed E-state index contributed by atoms with van der Waals surface area (Å²) < 4.78 is 5.33. The molecule has 2 unspecified atom stereocenters. The molecule has 3 heteroatoms. The zero-order chi connectivity index (χ0) is 9.84. The minimum Gasteiger partial charge on any atom is -0.449 e. The third-order valence-corrected chi connectivity index (χ3v) is 2.48. The predicted octanol–water partition coefficient (Wildman–Crippen LogP) is 3.03. The van der Waals surface area contributed by atoms with E-state index in [1.807, 2.05) is 13.1 Å². The van der Waals surface area contributed by atoms with Crippen LogP contribution in [0.5, 0.6) is 0 Å². The fourth-order valence-corrected chi connectivity index (χ4v) is 1.51. The quantitative estimate of drug-likeness (QED) is 0.810. The molecule has 2 nitrogen and oxygen atoms in total. The molecule has 74 valence electrons. The number of nitrogens with one attached hydrogen (secondary N) is 1. The Labute approximate surface area is 84.3 Å². The van der Waals surface area contributed by atoms with E-state index in [1.54, 1.807) is 6.07 Å². The van der Waals surface area contributed by atoms with Crippen LogP contribution in [-0.4, -0.2) is 13.1 Å². The lowest BCUT2D eigenvalue weighted by Crippen LogP contribution is -2.22. The van der Waals surface area contributed by atoms with E-state index in [0.717, 1.165) is 12.2 Å². The molecule has 2 atom stereocenters. The molecule has 0 saturated carbocycles. The maximum atomic E-state index is 5.69. The Balaban J connectivity index is 2.53. The highest BCUT2D eigenvalue weighted by molar-refractivity contribution is 6.28. The van der Waals surface area contributed by atoms with Gasteiger partial charge in [0.25, 0.3) is 0 Å². The molecule has 1 aromatic heterocycles. The van der Waals surface area contributed by atoms with E-state index >= 15 is 0 Å². The molecular weight excluding hydrogens is 186 g/mol. The number of rotatable bonds is 4. The van der Waals surface area contributed by atoms with Crippen molar-refractivity contribution >= 4 is 11.6 Å². The molecule has 1 heterocycles. The Morgan fingerprint density at radius 1 is 1.46 bits per heavy atom. The highest BCUT2D eigenvalue weighted by atomic mass is 35.5. The lowest BCUT2D eigenvalue weighted by Gasteiger charge is -2.14. The first-order valence-corrected chi connectivity index (χ1v) is 4.93. The van der Waals surface area contributed by atoms with Crippen LogP contribution in [0.2, 0.25) is 5.22 Å². The summed E-state index contributed by atoms with van der Waals surface area (Å²) in [4.78, 5) is 0. The number of hydrogen-bond acceptors (Lipinski definition) is 2. The van der Waals surface area contributed by atoms with Gasteiger partial charge in [0, 0.05) is 12.0 Å². The van der Waals surface area contributed by atoms with Crippen LogP contribution in [-0.2, 0) is 0 Å². The van der Waals surface area contributed by atoms with Crippen LogP contribution in [0, 0.1) is 0 Å². The van der Waals surface area contributed by atoms with Crippen molar-refractivity contribution < 1.29 is 4.42 Å². The first kappa shape index (κ1) is 10.6. The van der Waals surface area contributed by atoms with E-state index in [4.69, 9.17) is 16.0 Å². The van der Waals surface area contributed by atoms with Gasteiger partial charge in [0.15, 0.2) is 5.22 Å². The Bertz CT molecular complexity index is 259. The Morgan fingerprint density at radius 3 is 2.62 bits per heavy atom. The van der Waals surface area contributed by atoms with Crippen LogP contribution in [0.3, 0.4) is 0 Å². The van der Waals surface area contributed by atoms with Crippen molar-refractivity contribution in [3.8, 4) is 0 Å². The molecule has 1 aromatic rings. The third-order valence-electron chi connectivity index (χ3n) is 2.28. The molecule has 0 aliphatic rings. The normalized spacial score (nSPS) is 15.7. The van der Waals surface area contributed by atoms with Crippen molar-refractivity contribution in [2.24, 2.45) is 0 Å². The van der Waals surface area contributed by atoms with E-state index in [9.17, 15) is 0 Å². The summed E-state index contributed by atoms with van der Waals surface area (Å²) in [6.07, 6.45) is 1.06. The highest BCUT2D eigenvalue weighted by Crippen LogP contribution is 2.24. The lowest BCUT2D eigenvalue weighted by atomic mass is 10.0. The summed E-state index contributed by atoms with van der Waals surface area (Å²) in [6.45, 7) is 4.30. The summed E-state index contributed by atoms with van der Waals surface area (Å²) in [7, 11) is 1.96. The van der Waals surface area contributed by atoms with Crippen LogP contribution in [0.25, 0.3) is 0 Å². The molecule has 1 rings (SSSR count). The van der Waals surface area contributed by atoms with Crippen molar-refractivity contribution in [3.63, 3.8) is 0 Å². The van der Waals surface area contributed by atoms with E-state index < -0.39 is 0 Å². The largest absolute Gasteiger partial charge is 0.449 e. The molecule has 0 aliphatic heterocycles. The van der Waals surface area contributed by atoms with Crippen LogP contribution in [0.15, 0.2) is 16.5 Å². The topological polar surface area (TPSA) is 25.2 Å². The zero-order valence-electron chi connectivity index (χ0n) is 8.30. The Morgan fingerprint density at radius 2 is 2.15 bits per heavy atom. The van der Waals surface area contributed by atoms with Crippen molar-refractivity contribution in [1.82, 2.24) is 5.32 Å². The minimum absolute atomic E-state index is 0.412. The van der Waals surface area contributed by atoms with E-state index in [-0.39, 0.29) is 0 Å². The summed E-state index contributed by atoms with van der Waals surface area (Å²) >= 11 is 5.69. The number of halogens is 1. The van der Waals surface area contributed by atoms with E-state index in [1.165, 1.54) is 0 Å². The fourth-order valence-electron chi connectivity index (χ4n) is 1.36. The molecular formula is C10H16ClNO. The highest BCUT2D eigenvalue weighted by Gasteiger charge is 2.12. The average Bonchev–Trinajstić information content (AvgIpc) is 2.51. The summed E-state index contributed by atoms with van der Waals surface area (Å²) in [5, 5.41) is 3.67. The second kappa shape index (κ2) is 4.68. The Kier molecular flexibility index (Phi) is 3.82. The van der Waals surface area contributed by atoms with Gasteiger partial charge in [-0.05, 0) is 44.1 Å². The van der Waals surface area contributed by atoms with Crippen molar-refractivity contribution in [3.05, 3.63) is 23.1 Å². The van der Waals surface area contributed by atoms with Crippen molar-refractivity contribution in [2.45, 2.75) is 32.2 Å². The monoisotopic (exact) mass is 201 g/mol. The van der Waals surface area contributed by atoms with Gasteiger partial charge in [-0.15, -0.1) is 0 Å². The van der Waals surface area contributed by atoms with Gasteiger partial charge in [-0.3, -0.25) is 0 Å². The molecule has 0 saturated heterocycles. The molecule has 1 N–H and O–H groups in total. The van der Waals surface area contributed by atoms with Gasteiger partial charge in [0.2, 0.25) is 0 Å². The second-order valence-electron chi connectivity index (χ2n) is 3.47. The van der Waals surface area contributed by atoms with Crippen LogP contribution < -0.4 is 5.32 Å². The van der Waals surface area contributed by atoms with E-state index in [0.29, 0.717) is 17.2 Å². The van der Waals surface area contributed by atoms with Gasteiger partial charge in [0.1, 0.15) is 5.76 Å². The summed E-state index contributed by atoms with van der Waals surface area (Å²) in [5.74, 6) is 1.38. The van der Waals surface area contributed by atoms with Gasteiger partial charge < -0.3 is 9.73 Å². The summed E-state index contributed by atoms with van der Waals surface area (Å²) in [6, 6.07) is 4.23. The minimum atomic E-state index is 0.412. The van der Waals surface area contributed by atoms with Gasteiger partial charge in [-0.25, -0.2) is 0 Å². The molecule has 13 heavy (non-hydrogen) atoms. The number of furan rings is 1. The summed E-state index contributed by atoms with van der Waals surface area (Å²) in [5.41, 5.74) is 0. The first-order chi connectivity index (χ1) is 6.13. The molecule has 0 aromatic carbocycles. The lowest BCUT2D eigenvalue weighted by molar-refractivity contribution is 0.429. The molecule has 0 spiro atoms. The predicted molar refractivity (Wildman–Crippen MR) is 55.3 cm³/mol. The maximum Gasteiger partial charge on any atom is 0.193 e. The van der Waals surface area contributed by atoms with Crippen molar-refractivity contribution in [1.29, 1.82) is 0 Å². The van der Waals surface area contributed by atoms with Crippen molar-refractivity contribution in [2.75, 3.05) is 7.05 Å².